The zero-order valence-corrected chi connectivity index (χ0v) is 66.9. The van der Waals surface area contributed by atoms with Crippen molar-refractivity contribution < 1.29 is 38.1 Å². The maximum absolute atomic E-state index is 13.0. The van der Waals surface area contributed by atoms with Gasteiger partial charge in [0.05, 0.1) is 22.3 Å². The Morgan fingerprint density at radius 2 is 0.430 bits per heavy atom. The minimum absolute atomic E-state index is 0.301. The number of ether oxygens (including phenoxy) is 4. The number of hydrogen-bond acceptors (Lipinski definition) is 8. The first kappa shape index (κ1) is 75.6. The van der Waals surface area contributed by atoms with Gasteiger partial charge < -0.3 is 18.9 Å². The first-order valence-corrected chi connectivity index (χ1v) is 46.1. The quantitative estimate of drug-likeness (QED) is 0.0677. The van der Waals surface area contributed by atoms with E-state index < -0.39 is 0 Å². The zero-order chi connectivity index (χ0) is 77.1. The van der Waals surface area contributed by atoms with Crippen molar-refractivity contribution in [3.63, 3.8) is 0 Å². The lowest BCUT2D eigenvalue weighted by molar-refractivity contribution is 0.0727. The van der Waals surface area contributed by atoms with Crippen LogP contribution >= 0.6 is 0 Å². The van der Waals surface area contributed by atoms with Gasteiger partial charge in [0.1, 0.15) is 69.0 Å². The highest BCUT2D eigenvalue weighted by Crippen LogP contribution is 2.41. The third-order valence-electron chi connectivity index (χ3n) is 22.0. The van der Waals surface area contributed by atoms with Gasteiger partial charge in [0.15, 0.2) is 19.6 Å². The molecule has 20 rings (SSSR count). The summed E-state index contributed by atoms with van der Waals surface area (Å²) < 4.78 is 23.5. The number of benzene rings is 16. The average molecular weight is 1570 g/mol. The van der Waals surface area contributed by atoms with Crippen molar-refractivity contribution in [1.82, 2.24) is 0 Å². The van der Waals surface area contributed by atoms with Crippen LogP contribution < -0.4 is 18.9 Å². The van der Waals surface area contributed by atoms with E-state index in [0.717, 1.165) is 64.6 Å². The van der Waals surface area contributed by atoms with E-state index in [1.165, 1.54) is 151 Å². The van der Waals surface area contributed by atoms with Gasteiger partial charge >= 0.3 is 23.9 Å². The van der Waals surface area contributed by atoms with Crippen LogP contribution in [-0.4, -0.2) is 69.9 Å². The lowest BCUT2D eigenvalue weighted by atomic mass is 10.0. The molecular weight excluding hydrogens is 1480 g/mol. The Hall–Kier alpha value is -11.1. The molecule has 0 unspecified atom stereocenters. The van der Waals surface area contributed by atoms with E-state index in [1.54, 1.807) is 0 Å². The lowest BCUT2D eigenvalue weighted by Gasteiger charge is -2.16. The number of hydrogen-bond donors (Lipinski definition) is 0. The molecule has 4 aliphatic rings. The molecule has 0 amide bonds. The van der Waals surface area contributed by atoms with Crippen LogP contribution in [0.3, 0.4) is 0 Å². The van der Waals surface area contributed by atoms with Crippen LogP contribution in [0.25, 0.3) is 86.2 Å². The van der Waals surface area contributed by atoms with Gasteiger partial charge in [0.2, 0.25) is 0 Å². The molecule has 0 aromatic heterocycles. The van der Waals surface area contributed by atoms with Gasteiger partial charge in [-0.2, -0.15) is 0 Å². The Balaban J connectivity index is 0.000000110. The summed E-state index contributed by atoms with van der Waals surface area (Å²) >= 11 is 0. The third kappa shape index (κ3) is 16.8. The summed E-state index contributed by atoms with van der Waals surface area (Å²) in [5.74, 6) is 11.5. The van der Waals surface area contributed by atoms with E-state index in [9.17, 15) is 19.2 Å². The van der Waals surface area contributed by atoms with Gasteiger partial charge in [-0.15, -0.1) is 0 Å². The maximum atomic E-state index is 13.0. The van der Waals surface area contributed by atoms with Gasteiger partial charge in [-0.05, 0) is 216 Å². The first-order valence-electron chi connectivity index (χ1n) is 39.8. The molecule has 0 aliphatic carbocycles. The van der Waals surface area contributed by atoms with E-state index in [0.29, 0.717) is 88.8 Å². The van der Waals surface area contributed by atoms with Gasteiger partial charge in [0, 0.05) is 86.7 Å². The van der Waals surface area contributed by atoms with Crippen LogP contribution in [-0.2, 0) is 43.6 Å². The van der Waals surface area contributed by atoms with Crippen molar-refractivity contribution in [3.8, 4) is 23.0 Å². The molecule has 8 nitrogen and oxygen atoms in total. The molecule has 0 bridgehead atoms. The first-order chi connectivity index (χ1) is 56.2. The lowest BCUT2D eigenvalue weighted by Crippen LogP contribution is -2.18. The number of esters is 4. The van der Waals surface area contributed by atoms with Crippen molar-refractivity contribution in [2.75, 3.05) is 46.0 Å². The van der Waals surface area contributed by atoms with Crippen molar-refractivity contribution in [3.05, 3.63) is 338 Å². The molecule has 0 N–H and O–H groups in total. The second-order valence-electron chi connectivity index (χ2n) is 29.3. The topological polar surface area (TPSA) is 105 Å². The molecule has 4 fully saturated rings. The molecule has 4 aliphatic heterocycles. The molecule has 0 spiro atoms. The second-order valence-corrected chi connectivity index (χ2v) is 38.3. The van der Waals surface area contributed by atoms with E-state index in [4.69, 9.17) is 18.9 Å². The molecule has 16 aromatic carbocycles. The Kier molecular flexibility index (Phi) is 23.5. The van der Waals surface area contributed by atoms with Gasteiger partial charge in [0.25, 0.3) is 0 Å². The summed E-state index contributed by atoms with van der Waals surface area (Å²) in [7, 11) is 1.25. The summed E-state index contributed by atoms with van der Waals surface area (Å²) in [6.45, 7) is 0. The van der Waals surface area contributed by atoms with Crippen molar-refractivity contribution >= 4 is 154 Å². The van der Waals surface area contributed by atoms with Gasteiger partial charge in [-0.1, -0.05) is 206 Å². The monoisotopic (exact) mass is 1570 g/mol. The number of carbonyl (C=O) groups excluding carboxylic acids is 4. The molecule has 4 heterocycles. The number of rotatable bonds is 12. The molecule has 114 heavy (non-hydrogen) atoms. The van der Waals surface area contributed by atoms with E-state index in [-0.39, 0.29) is 23.9 Å². The van der Waals surface area contributed by atoms with Crippen LogP contribution in [0.2, 0.25) is 0 Å². The van der Waals surface area contributed by atoms with Gasteiger partial charge in [-0.25, -0.2) is 19.2 Å². The SMILES string of the molecule is O=C(Oc1ccc([S+]2CCCC2)c2ccccc12)c1ccc2ccccc2c1.O=C(Oc1ccc([S+]2CCCC2)c2ccccc12)c1cccc2ccccc12.O=C(Oc1ccc([S+]2CCCCC2)c2ccccc12)c1ccc2ccccc2c1.O=C(Oc1ccc([S+]2CCCCC2)c2ccccc12)c1cccc2ccccc12. The summed E-state index contributed by atoms with van der Waals surface area (Å²) in [5.41, 5.74) is 2.35. The molecule has 0 saturated carbocycles. The Morgan fingerprint density at radius 1 is 0.193 bits per heavy atom. The minimum Gasteiger partial charge on any atom is -0.422 e. The molecule has 564 valence electrons. The summed E-state index contributed by atoms with van der Waals surface area (Å²) in [4.78, 5) is 57.4. The van der Waals surface area contributed by atoms with Crippen molar-refractivity contribution in [2.45, 2.75) is 83.8 Å². The van der Waals surface area contributed by atoms with Crippen molar-refractivity contribution in [1.29, 1.82) is 0 Å². The number of carbonyl (C=O) groups is 4. The van der Waals surface area contributed by atoms with E-state index >= 15 is 0 Å². The fraction of sp³-hybridized carbons (Fsp3) is 0.176. The molecule has 12 heteroatoms. The molecule has 0 atom stereocenters. The summed E-state index contributed by atoms with van der Waals surface area (Å²) in [6, 6.07) is 105. The standard InChI is InChI=1S/2C26H23O2S.2C25H21O2S/c27-26(23-14-8-10-19-9-2-3-11-20(19)23)28-24-15-16-25(29-17-6-1-7-18-29)22-13-5-4-12-21(22)24;27-26(21-13-12-19-8-2-3-9-20(19)18-21)28-24-14-15-25(29-16-6-1-7-17-29)23-11-5-4-10-22(23)24;26-25(22-13-7-9-18-8-1-2-10-19(18)22)27-23-14-15-24(28-16-5-6-17-28)21-12-4-3-11-20(21)23;26-25(20-12-11-18-7-1-2-8-19(18)17-20)27-23-13-14-24(28-15-5-6-16-28)22-10-4-3-9-21(22)23/h2-5,8-16H,1,6-7,17-18H2;2-5,8-15,18H,1,6-7,16-17H2;1-4,7-15H,5-6,16-17H2;1-4,7-14,17H,5-6,15-16H2/q4*+1. The van der Waals surface area contributed by atoms with Gasteiger partial charge in [-0.3, -0.25) is 0 Å². The Bertz CT molecular complexity index is 6230. The van der Waals surface area contributed by atoms with E-state index in [1.807, 2.05) is 218 Å². The predicted molar refractivity (Wildman–Crippen MR) is 479 cm³/mol. The minimum atomic E-state index is -0.313. The third-order valence-corrected chi connectivity index (χ3v) is 32.2. The van der Waals surface area contributed by atoms with E-state index in [2.05, 4.69) is 97.1 Å². The number of fused-ring (bicyclic) bond motifs is 8. The zero-order valence-electron chi connectivity index (χ0n) is 63.6. The Morgan fingerprint density at radius 3 is 0.737 bits per heavy atom. The summed E-state index contributed by atoms with van der Waals surface area (Å²) in [6.07, 6.45) is 13.2. The summed E-state index contributed by atoms with van der Waals surface area (Å²) in [5, 5.41) is 17.2. The fourth-order valence-corrected chi connectivity index (χ4v) is 26.3. The molecule has 0 radical (unpaired) electrons. The Labute approximate surface area is 677 Å². The van der Waals surface area contributed by atoms with Crippen LogP contribution in [0.15, 0.2) is 335 Å². The normalized spacial score (nSPS) is 14.7. The fourth-order valence-electron chi connectivity index (χ4n) is 16.3. The highest BCUT2D eigenvalue weighted by molar-refractivity contribution is 7.98. The van der Waals surface area contributed by atoms with Crippen LogP contribution in [0, 0.1) is 0 Å². The largest absolute Gasteiger partial charge is 0.422 e. The molecular formula is C102H88O8S4+4. The smallest absolute Gasteiger partial charge is 0.344 e. The highest BCUT2D eigenvalue weighted by Gasteiger charge is 2.34. The van der Waals surface area contributed by atoms with Crippen LogP contribution in [0.4, 0.5) is 0 Å². The molecule has 16 aromatic rings. The highest BCUT2D eigenvalue weighted by atomic mass is 32.2. The second kappa shape index (κ2) is 35.5. The van der Waals surface area contributed by atoms with Crippen LogP contribution in [0.5, 0.6) is 23.0 Å². The average Bonchev–Trinajstić information content (AvgIpc) is 1.05. The maximum Gasteiger partial charge on any atom is 0.344 e. The van der Waals surface area contributed by atoms with Crippen molar-refractivity contribution in [2.24, 2.45) is 0 Å². The molecule has 4 saturated heterocycles. The van der Waals surface area contributed by atoms with Crippen LogP contribution in [0.1, 0.15) is 106 Å². The predicted octanol–water partition coefficient (Wildman–Crippen LogP) is 24.7.